The molecule has 1 rings (SSSR count). The van der Waals surface area contributed by atoms with Gasteiger partial charge in [0.2, 0.25) is 0 Å². The van der Waals surface area contributed by atoms with Crippen LogP contribution in [-0.2, 0) is 9.53 Å². The summed E-state index contributed by atoms with van der Waals surface area (Å²) in [6.45, 7) is 1.97. The second-order valence-corrected chi connectivity index (χ2v) is 4.56. The molecular weight excluding hydrogens is 226 g/mol. The molecule has 0 bridgehead atoms. The number of carbonyl (C=O) groups is 1. The summed E-state index contributed by atoms with van der Waals surface area (Å²) in [5, 5.41) is 0. The molecule has 0 heterocycles. The monoisotopic (exact) mass is 246 g/mol. The highest BCUT2D eigenvalue weighted by Gasteiger charge is 2.49. The number of halogens is 2. The Bertz CT molecular complexity index is 287. The molecule has 1 fully saturated rings. The van der Waals surface area contributed by atoms with E-state index in [0.717, 1.165) is 6.42 Å². The van der Waals surface area contributed by atoms with Crippen LogP contribution in [0.25, 0.3) is 0 Å². The van der Waals surface area contributed by atoms with Crippen molar-refractivity contribution in [3.63, 3.8) is 0 Å². The molecule has 98 valence electrons. The lowest BCUT2D eigenvalue weighted by Gasteiger charge is -2.22. The SMILES string of the molecule is CC/C=C/CC1C(CC(=O)OC)CCC1(F)F. The van der Waals surface area contributed by atoms with Crippen LogP contribution in [0.5, 0.6) is 0 Å². The van der Waals surface area contributed by atoms with Gasteiger partial charge in [-0.15, -0.1) is 0 Å². The third-order valence-corrected chi connectivity index (χ3v) is 3.41. The summed E-state index contributed by atoms with van der Waals surface area (Å²) in [5.74, 6) is -4.00. The number of alkyl halides is 2. The maximum Gasteiger partial charge on any atom is 0.305 e. The van der Waals surface area contributed by atoms with E-state index in [-0.39, 0.29) is 18.8 Å². The second kappa shape index (κ2) is 6.12. The standard InChI is InChI=1S/C13H20F2O2/c1-3-4-5-6-11-10(9-12(16)17-2)7-8-13(11,14)15/h4-5,10-11H,3,6-9H2,1-2H3/b5-4+. The number of hydrogen-bond donors (Lipinski definition) is 0. The Morgan fingerprint density at radius 2 is 2.18 bits per heavy atom. The third kappa shape index (κ3) is 3.79. The van der Waals surface area contributed by atoms with Gasteiger partial charge in [-0.3, -0.25) is 4.79 Å². The largest absolute Gasteiger partial charge is 0.469 e. The van der Waals surface area contributed by atoms with Crippen LogP contribution in [0.2, 0.25) is 0 Å². The fraction of sp³-hybridized carbons (Fsp3) is 0.769. The molecule has 0 saturated heterocycles. The molecule has 0 N–H and O–H groups in total. The number of allylic oxidation sites excluding steroid dienone is 2. The smallest absolute Gasteiger partial charge is 0.305 e. The maximum absolute atomic E-state index is 13.7. The summed E-state index contributed by atoms with van der Waals surface area (Å²) in [5.41, 5.74) is 0. The summed E-state index contributed by atoms with van der Waals surface area (Å²) in [6, 6.07) is 0. The van der Waals surface area contributed by atoms with Crippen molar-refractivity contribution >= 4 is 5.97 Å². The van der Waals surface area contributed by atoms with E-state index in [9.17, 15) is 13.6 Å². The van der Waals surface area contributed by atoms with Crippen molar-refractivity contribution < 1.29 is 18.3 Å². The quantitative estimate of drug-likeness (QED) is 0.547. The molecule has 17 heavy (non-hydrogen) atoms. The van der Waals surface area contributed by atoms with E-state index >= 15 is 0 Å². The minimum Gasteiger partial charge on any atom is -0.469 e. The first-order valence-corrected chi connectivity index (χ1v) is 6.11. The van der Waals surface area contributed by atoms with Crippen molar-refractivity contribution in [3.8, 4) is 0 Å². The lowest BCUT2D eigenvalue weighted by molar-refractivity contribution is -0.142. The van der Waals surface area contributed by atoms with E-state index in [4.69, 9.17) is 0 Å². The first-order valence-electron chi connectivity index (χ1n) is 6.11. The summed E-state index contributed by atoms with van der Waals surface area (Å²) in [6.07, 6.45) is 5.29. The van der Waals surface area contributed by atoms with Crippen LogP contribution in [0, 0.1) is 11.8 Å². The highest BCUT2D eigenvalue weighted by Crippen LogP contribution is 2.47. The van der Waals surface area contributed by atoms with E-state index < -0.39 is 17.8 Å². The molecule has 0 aromatic carbocycles. The van der Waals surface area contributed by atoms with Gasteiger partial charge in [0, 0.05) is 18.8 Å². The maximum atomic E-state index is 13.7. The molecule has 0 amide bonds. The number of rotatable bonds is 5. The lowest BCUT2D eigenvalue weighted by Crippen LogP contribution is -2.26. The zero-order chi connectivity index (χ0) is 12.9. The van der Waals surface area contributed by atoms with Crippen molar-refractivity contribution in [3.05, 3.63) is 12.2 Å². The molecule has 0 aromatic heterocycles. The Morgan fingerprint density at radius 1 is 1.47 bits per heavy atom. The van der Waals surface area contributed by atoms with Crippen molar-refractivity contribution in [1.29, 1.82) is 0 Å². The first-order chi connectivity index (χ1) is 8.01. The van der Waals surface area contributed by atoms with E-state index in [0.29, 0.717) is 12.8 Å². The number of carbonyl (C=O) groups excluding carboxylic acids is 1. The molecule has 1 aliphatic carbocycles. The minimum atomic E-state index is -2.64. The van der Waals surface area contributed by atoms with Gasteiger partial charge in [0.15, 0.2) is 0 Å². The Hall–Kier alpha value is -0.930. The molecule has 0 radical (unpaired) electrons. The normalized spacial score (nSPS) is 27.5. The fourth-order valence-electron chi connectivity index (χ4n) is 2.43. The van der Waals surface area contributed by atoms with Crippen LogP contribution < -0.4 is 0 Å². The number of ether oxygens (including phenoxy) is 1. The Kier molecular flexibility index (Phi) is 5.09. The molecular formula is C13H20F2O2. The van der Waals surface area contributed by atoms with Gasteiger partial charge in [0.1, 0.15) is 0 Å². The van der Waals surface area contributed by atoms with Crippen molar-refractivity contribution in [2.24, 2.45) is 11.8 Å². The van der Waals surface area contributed by atoms with Crippen LogP contribution >= 0.6 is 0 Å². The van der Waals surface area contributed by atoms with Crippen LogP contribution in [0.3, 0.4) is 0 Å². The van der Waals surface area contributed by atoms with Crippen molar-refractivity contribution in [2.75, 3.05) is 7.11 Å². The highest BCUT2D eigenvalue weighted by molar-refractivity contribution is 5.69. The van der Waals surface area contributed by atoms with Gasteiger partial charge in [0.25, 0.3) is 5.92 Å². The summed E-state index contributed by atoms with van der Waals surface area (Å²) < 4.78 is 31.9. The number of esters is 1. The molecule has 2 unspecified atom stereocenters. The predicted octanol–water partition coefficient (Wildman–Crippen LogP) is 3.57. The summed E-state index contributed by atoms with van der Waals surface area (Å²) in [4.78, 5) is 11.2. The van der Waals surface area contributed by atoms with E-state index in [1.54, 1.807) is 6.08 Å². The summed E-state index contributed by atoms with van der Waals surface area (Å²) >= 11 is 0. The zero-order valence-corrected chi connectivity index (χ0v) is 10.4. The van der Waals surface area contributed by atoms with Crippen molar-refractivity contribution in [1.82, 2.24) is 0 Å². The van der Waals surface area contributed by atoms with Gasteiger partial charge in [-0.2, -0.15) is 0 Å². The van der Waals surface area contributed by atoms with Gasteiger partial charge in [0.05, 0.1) is 7.11 Å². The predicted molar refractivity (Wildman–Crippen MR) is 61.8 cm³/mol. The Labute approximate surface area is 101 Å². The Morgan fingerprint density at radius 3 is 2.76 bits per heavy atom. The number of hydrogen-bond acceptors (Lipinski definition) is 2. The van der Waals surface area contributed by atoms with E-state index in [1.807, 2.05) is 13.0 Å². The average molecular weight is 246 g/mol. The van der Waals surface area contributed by atoms with Crippen LogP contribution in [0.1, 0.15) is 39.0 Å². The van der Waals surface area contributed by atoms with Gasteiger partial charge in [-0.1, -0.05) is 19.1 Å². The number of methoxy groups -OCH3 is 1. The molecule has 2 nitrogen and oxygen atoms in total. The molecule has 0 aliphatic heterocycles. The van der Waals surface area contributed by atoms with Crippen LogP contribution in [0.4, 0.5) is 8.78 Å². The lowest BCUT2D eigenvalue weighted by atomic mass is 9.88. The van der Waals surface area contributed by atoms with Crippen LogP contribution in [0.15, 0.2) is 12.2 Å². The Balaban J connectivity index is 2.63. The zero-order valence-electron chi connectivity index (χ0n) is 10.4. The van der Waals surface area contributed by atoms with Gasteiger partial charge in [-0.25, -0.2) is 8.78 Å². The molecule has 4 heteroatoms. The topological polar surface area (TPSA) is 26.3 Å². The average Bonchev–Trinajstić information content (AvgIpc) is 2.56. The van der Waals surface area contributed by atoms with E-state index in [1.165, 1.54) is 7.11 Å². The second-order valence-electron chi connectivity index (χ2n) is 4.56. The minimum absolute atomic E-state index is 0.108. The third-order valence-electron chi connectivity index (χ3n) is 3.41. The molecule has 0 aromatic rings. The molecule has 2 atom stereocenters. The van der Waals surface area contributed by atoms with Gasteiger partial charge >= 0.3 is 5.97 Å². The molecule has 1 saturated carbocycles. The first kappa shape index (κ1) is 14.1. The summed E-state index contributed by atoms with van der Waals surface area (Å²) in [7, 11) is 1.29. The highest BCUT2D eigenvalue weighted by atomic mass is 19.3. The van der Waals surface area contributed by atoms with Gasteiger partial charge < -0.3 is 4.74 Å². The van der Waals surface area contributed by atoms with Crippen LogP contribution in [-0.4, -0.2) is 19.0 Å². The van der Waals surface area contributed by atoms with Crippen molar-refractivity contribution in [2.45, 2.75) is 45.0 Å². The molecule has 1 aliphatic rings. The molecule has 0 spiro atoms. The fourth-order valence-corrected chi connectivity index (χ4v) is 2.43. The van der Waals surface area contributed by atoms with E-state index in [2.05, 4.69) is 4.74 Å². The van der Waals surface area contributed by atoms with Gasteiger partial charge in [-0.05, 0) is 25.2 Å².